The van der Waals surface area contributed by atoms with Crippen molar-refractivity contribution in [1.29, 1.82) is 0 Å². The number of carbonyl (C=O) groups excluding carboxylic acids is 1. The first-order chi connectivity index (χ1) is 13.4. The highest BCUT2D eigenvalue weighted by molar-refractivity contribution is 9.10. The maximum Gasteiger partial charge on any atom is 0.257 e. The predicted molar refractivity (Wildman–Crippen MR) is 111 cm³/mol. The van der Waals surface area contributed by atoms with Gasteiger partial charge in [0.25, 0.3) is 5.91 Å². The van der Waals surface area contributed by atoms with Gasteiger partial charge >= 0.3 is 0 Å². The van der Waals surface area contributed by atoms with Gasteiger partial charge in [-0.1, -0.05) is 11.6 Å². The van der Waals surface area contributed by atoms with E-state index < -0.39 is 0 Å². The number of benzene rings is 2. The monoisotopic (exact) mass is 457 g/mol. The molecule has 2 aromatic carbocycles. The molecule has 0 spiro atoms. The van der Waals surface area contributed by atoms with Crippen LogP contribution in [0, 0.1) is 6.92 Å². The average molecular weight is 459 g/mol. The van der Waals surface area contributed by atoms with Crippen LogP contribution in [-0.2, 0) is 0 Å². The normalized spacial score (nSPS) is 11.0. The van der Waals surface area contributed by atoms with Crippen molar-refractivity contribution in [2.45, 2.75) is 6.92 Å². The summed E-state index contributed by atoms with van der Waals surface area (Å²) >= 11 is 9.29. The first-order valence-corrected chi connectivity index (χ1v) is 9.40. The minimum atomic E-state index is -0.325. The second kappa shape index (κ2) is 7.26. The van der Waals surface area contributed by atoms with E-state index in [1.807, 2.05) is 0 Å². The van der Waals surface area contributed by atoms with Crippen molar-refractivity contribution < 1.29 is 14.3 Å². The lowest BCUT2D eigenvalue weighted by Crippen LogP contribution is -2.12. The third-order valence-corrected chi connectivity index (χ3v) is 4.77. The Bertz CT molecular complexity index is 1220. The number of fused-ring (bicyclic) bond motifs is 1. The van der Waals surface area contributed by atoms with Crippen molar-refractivity contribution in [1.82, 2.24) is 9.97 Å². The first kappa shape index (κ1) is 18.5. The Kier molecular flexibility index (Phi) is 4.78. The molecule has 28 heavy (non-hydrogen) atoms. The van der Waals surface area contributed by atoms with Gasteiger partial charge in [-0.25, -0.2) is 4.98 Å². The van der Waals surface area contributed by atoms with Gasteiger partial charge in [0.1, 0.15) is 11.3 Å². The Morgan fingerprint density at radius 2 is 2.04 bits per heavy atom. The lowest BCUT2D eigenvalue weighted by atomic mass is 10.1. The number of amides is 1. The number of phenols is 1. The van der Waals surface area contributed by atoms with Gasteiger partial charge in [0.05, 0.1) is 11.1 Å². The standard InChI is InChI=1S/C20H13BrClN3O3/c1-10-4-14(24-19(27)11-5-12(21)9-23-8-11)7-15(18(10)26)20-25-16-6-13(22)2-3-17(16)28-20/h2-9,26H,1H3,(H,24,27). The number of halogens is 2. The number of aryl methyl sites for hydroxylation is 1. The van der Waals surface area contributed by atoms with Crippen LogP contribution in [0.3, 0.4) is 0 Å². The molecule has 0 bridgehead atoms. The lowest BCUT2D eigenvalue weighted by Gasteiger charge is -2.10. The Hall–Kier alpha value is -2.90. The lowest BCUT2D eigenvalue weighted by molar-refractivity contribution is 0.102. The smallest absolute Gasteiger partial charge is 0.257 e. The zero-order valence-electron chi connectivity index (χ0n) is 14.5. The van der Waals surface area contributed by atoms with Crippen LogP contribution in [0.1, 0.15) is 15.9 Å². The summed E-state index contributed by atoms with van der Waals surface area (Å²) in [5, 5.41) is 13.8. The Morgan fingerprint density at radius 1 is 1.21 bits per heavy atom. The topological polar surface area (TPSA) is 88.3 Å². The summed E-state index contributed by atoms with van der Waals surface area (Å²) in [6, 6.07) is 10.0. The molecule has 1 amide bonds. The number of pyridine rings is 1. The molecule has 0 saturated heterocycles. The molecule has 0 radical (unpaired) electrons. The van der Waals surface area contributed by atoms with E-state index in [1.165, 1.54) is 6.20 Å². The second-order valence-corrected chi connectivity index (χ2v) is 7.52. The third-order valence-electron chi connectivity index (χ3n) is 4.11. The number of rotatable bonds is 3. The van der Waals surface area contributed by atoms with Crippen LogP contribution in [0.2, 0.25) is 5.02 Å². The van der Waals surface area contributed by atoms with Crippen LogP contribution in [0.5, 0.6) is 5.75 Å². The van der Waals surface area contributed by atoms with Gasteiger partial charge in [0.15, 0.2) is 5.58 Å². The highest BCUT2D eigenvalue weighted by atomic mass is 79.9. The largest absolute Gasteiger partial charge is 0.507 e. The number of carbonyl (C=O) groups is 1. The molecular weight excluding hydrogens is 446 g/mol. The van der Waals surface area contributed by atoms with E-state index in [2.05, 4.69) is 31.2 Å². The van der Waals surface area contributed by atoms with Gasteiger partial charge in [-0.05, 0) is 64.8 Å². The molecule has 0 aliphatic rings. The summed E-state index contributed by atoms with van der Waals surface area (Å²) < 4.78 is 6.45. The van der Waals surface area contributed by atoms with E-state index in [1.54, 1.807) is 49.5 Å². The molecule has 6 nitrogen and oxygen atoms in total. The van der Waals surface area contributed by atoms with Gasteiger partial charge in [-0.3, -0.25) is 9.78 Å². The summed E-state index contributed by atoms with van der Waals surface area (Å²) in [5.41, 5.74) is 2.96. The Labute approximate surface area is 173 Å². The molecule has 0 saturated carbocycles. The summed E-state index contributed by atoms with van der Waals surface area (Å²) in [7, 11) is 0. The second-order valence-electron chi connectivity index (χ2n) is 6.17. The molecule has 2 aromatic heterocycles. The maximum absolute atomic E-state index is 12.5. The van der Waals surface area contributed by atoms with Crippen LogP contribution in [0.4, 0.5) is 5.69 Å². The van der Waals surface area contributed by atoms with E-state index in [0.717, 1.165) is 0 Å². The number of oxazole rings is 1. The van der Waals surface area contributed by atoms with Crippen LogP contribution < -0.4 is 5.32 Å². The van der Waals surface area contributed by atoms with E-state index in [-0.39, 0.29) is 17.5 Å². The number of hydrogen-bond donors (Lipinski definition) is 2. The van der Waals surface area contributed by atoms with Gasteiger partial charge in [0.2, 0.25) is 5.89 Å². The van der Waals surface area contributed by atoms with E-state index in [0.29, 0.717) is 43.0 Å². The van der Waals surface area contributed by atoms with Crippen molar-refractivity contribution in [2.24, 2.45) is 0 Å². The summed E-state index contributed by atoms with van der Waals surface area (Å²) in [4.78, 5) is 20.9. The fourth-order valence-electron chi connectivity index (χ4n) is 2.77. The minimum absolute atomic E-state index is 0.0276. The highest BCUT2D eigenvalue weighted by Crippen LogP contribution is 2.36. The SMILES string of the molecule is Cc1cc(NC(=O)c2cncc(Br)c2)cc(-c2nc3cc(Cl)ccc3o2)c1O. The molecule has 8 heteroatoms. The Morgan fingerprint density at radius 3 is 2.82 bits per heavy atom. The number of nitrogens with one attached hydrogen (secondary N) is 1. The number of aromatic nitrogens is 2. The first-order valence-electron chi connectivity index (χ1n) is 8.22. The molecule has 4 rings (SSSR count). The molecule has 0 atom stereocenters. The molecule has 0 fully saturated rings. The van der Waals surface area contributed by atoms with Crippen molar-refractivity contribution >= 4 is 50.2 Å². The van der Waals surface area contributed by atoms with E-state index >= 15 is 0 Å². The number of hydrogen-bond acceptors (Lipinski definition) is 5. The van der Waals surface area contributed by atoms with Gasteiger partial charge in [0, 0.05) is 27.6 Å². The number of anilines is 1. The highest BCUT2D eigenvalue weighted by Gasteiger charge is 2.17. The summed E-state index contributed by atoms with van der Waals surface area (Å²) in [6.45, 7) is 1.73. The van der Waals surface area contributed by atoms with Gasteiger partial charge in [-0.15, -0.1) is 0 Å². The predicted octanol–water partition coefficient (Wildman–Crippen LogP) is 5.57. The quantitative estimate of drug-likeness (QED) is 0.392. The fourth-order valence-corrected chi connectivity index (χ4v) is 3.30. The number of nitrogens with zero attached hydrogens (tertiary/aromatic N) is 2. The van der Waals surface area contributed by atoms with Crippen LogP contribution in [0.25, 0.3) is 22.6 Å². The minimum Gasteiger partial charge on any atom is -0.507 e. The molecule has 2 heterocycles. The van der Waals surface area contributed by atoms with Crippen LogP contribution in [0.15, 0.2) is 57.7 Å². The van der Waals surface area contributed by atoms with Crippen molar-refractivity contribution in [3.8, 4) is 17.2 Å². The van der Waals surface area contributed by atoms with Gasteiger partial charge < -0.3 is 14.8 Å². The number of phenolic OH excluding ortho intramolecular Hbond substituents is 1. The van der Waals surface area contributed by atoms with Crippen molar-refractivity contribution in [3.05, 3.63) is 69.4 Å². The molecule has 0 unspecified atom stereocenters. The van der Waals surface area contributed by atoms with Crippen LogP contribution in [-0.4, -0.2) is 21.0 Å². The molecule has 0 aliphatic heterocycles. The molecular formula is C20H13BrClN3O3. The van der Waals surface area contributed by atoms with Crippen LogP contribution >= 0.6 is 27.5 Å². The van der Waals surface area contributed by atoms with Crippen molar-refractivity contribution in [2.75, 3.05) is 5.32 Å². The van der Waals surface area contributed by atoms with E-state index in [4.69, 9.17) is 16.0 Å². The zero-order valence-corrected chi connectivity index (χ0v) is 16.9. The average Bonchev–Trinajstić information content (AvgIpc) is 3.07. The maximum atomic E-state index is 12.5. The van der Waals surface area contributed by atoms with Gasteiger partial charge in [-0.2, -0.15) is 0 Å². The zero-order chi connectivity index (χ0) is 19.8. The molecule has 0 aliphatic carbocycles. The fraction of sp³-hybridized carbons (Fsp3) is 0.0500. The molecule has 140 valence electrons. The third kappa shape index (κ3) is 3.58. The summed E-state index contributed by atoms with van der Waals surface area (Å²) in [6.07, 6.45) is 3.07. The summed E-state index contributed by atoms with van der Waals surface area (Å²) in [5.74, 6) is -0.0629. The van der Waals surface area contributed by atoms with E-state index in [9.17, 15) is 9.90 Å². The van der Waals surface area contributed by atoms with Crippen molar-refractivity contribution in [3.63, 3.8) is 0 Å². The Balaban J connectivity index is 1.72. The molecule has 4 aromatic rings. The molecule has 2 N–H and O–H groups in total. The number of aromatic hydroxyl groups is 1.